The molecule has 5 heteroatoms. The van der Waals surface area contributed by atoms with E-state index in [0.29, 0.717) is 0 Å². The van der Waals surface area contributed by atoms with E-state index in [1.54, 1.807) is 0 Å². The second kappa shape index (κ2) is 8.01. The number of nitrogens with one attached hydrogen (secondary N) is 1. The molecule has 33 heavy (non-hydrogen) atoms. The van der Waals surface area contributed by atoms with Crippen molar-refractivity contribution in [2.75, 3.05) is 30.6 Å². The van der Waals surface area contributed by atoms with Crippen molar-refractivity contribution in [2.45, 2.75) is 18.9 Å². The summed E-state index contributed by atoms with van der Waals surface area (Å²) < 4.78 is 0. The smallest absolute Gasteiger partial charge is 0.0938 e. The van der Waals surface area contributed by atoms with Crippen LogP contribution in [0.15, 0.2) is 91.4 Å². The van der Waals surface area contributed by atoms with Crippen molar-refractivity contribution in [1.29, 1.82) is 0 Å². The highest BCUT2D eigenvalue weighted by Crippen LogP contribution is 2.43. The van der Waals surface area contributed by atoms with Crippen molar-refractivity contribution < 1.29 is 0 Å². The number of hydrazine groups is 1. The van der Waals surface area contributed by atoms with Crippen molar-refractivity contribution in [3.05, 3.63) is 108 Å². The van der Waals surface area contributed by atoms with Crippen LogP contribution in [-0.2, 0) is 12.8 Å². The molecule has 3 aromatic carbocycles. The second-order valence-electron chi connectivity index (χ2n) is 9.10. The van der Waals surface area contributed by atoms with E-state index in [0.717, 1.165) is 19.5 Å². The average molecular weight is 436 g/mol. The van der Waals surface area contributed by atoms with Gasteiger partial charge in [-0.25, -0.2) is 5.43 Å². The molecule has 6 rings (SSSR count). The lowest BCUT2D eigenvalue weighted by Crippen LogP contribution is -2.27. The number of rotatable bonds is 3. The molecule has 0 bridgehead atoms. The fourth-order valence-corrected chi connectivity index (χ4v) is 5.03. The van der Waals surface area contributed by atoms with Gasteiger partial charge in [0.2, 0.25) is 0 Å². The molecule has 0 amide bonds. The summed E-state index contributed by atoms with van der Waals surface area (Å²) in [5, 5.41) is 2.02. The van der Waals surface area contributed by atoms with Gasteiger partial charge in [-0.1, -0.05) is 36.4 Å². The molecular weight excluding hydrogens is 406 g/mol. The summed E-state index contributed by atoms with van der Waals surface area (Å²) in [6.07, 6.45) is 10.7. The lowest BCUT2D eigenvalue weighted by atomic mass is 10.00. The molecular formula is C28H29N5. The van der Waals surface area contributed by atoms with Crippen LogP contribution in [0.25, 0.3) is 0 Å². The van der Waals surface area contributed by atoms with E-state index in [1.165, 1.54) is 39.4 Å². The minimum atomic E-state index is 0.192. The standard InChI is InChI=1S/C28H29N5/c1-30-16-17-32(20-30)24-7-5-8-25(19-24)33-27-9-4-3-6-21(27)10-11-22-12-13-23(18-28(22)33)26-14-15-31(2)29-26/h3-9,12-19,26,29H,10-11,20H2,1-2H3. The number of aryl methyl sites for hydroxylation is 2. The fourth-order valence-electron chi connectivity index (χ4n) is 5.03. The van der Waals surface area contributed by atoms with E-state index in [2.05, 4.69) is 119 Å². The number of nitrogens with zero attached hydrogens (tertiary/aromatic N) is 4. The Balaban J connectivity index is 1.48. The molecule has 3 aliphatic rings. The van der Waals surface area contributed by atoms with Crippen molar-refractivity contribution >= 4 is 22.7 Å². The number of hydrogen-bond donors (Lipinski definition) is 1. The van der Waals surface area contributed by atoms with Crippen LogP contribution in [0.3, 0.4) is 0 Å². The third-order valence-corrected chi connectivity index (χ3v) is 6.75. The van der Waals surface area contributed by atoms with E-state index in [-0.39, 0.29) is 6.04 Å². The molecule has 0 aromatic heterocycles. The molecule has 0 saturated heterocycles. The summed E-state index contributed by atoms with van der Waals surface area (Å²) in [5.74, 6) is 0. The van der Waals surface area contributed by atoms with Crippen LogP contribution in [0.2, 0.25) is 0 Å². The molecule has 1 N–H and O–H groups in total. The first kappa shape index (κ1) is 19.9. The van der Waals surface area contributed by atoms with Gasteiger partial charge in [-0.2, -0.15) is 0 Å². The summed E-state index contributed by atoms with van der Waals surface area (Å²) in [6.45, 7) is 0.869. The normalized spacial score (nSPS) is 19.2. The molecule has 0 aliphatic carbocycles. The van der Waals surface area contributed by atoms with E-state index < -0.39 is 0 Å². The van der Waals surface area contributed by atoms with Crippen molar-refractivity contribution in [2.24, 2.45) is 0 Å². The number of anilines is 4. The van der Waals surface area contributed by atoms with E-state index >= 15 is 0 Å². The largest absolute Gasteiger partial charge is 0.361 e. The predicted octanol–water partition coefficient (Wildman–Crippen LogP) is 5.44. The van der Waals surface area contributed by atoms with Gasteiger partial charge in [0.25, 0.3) is 0 Å². The van der Waals surface area contributed by atoms with Gasteiger partial charge in [-0.15, -0.1) is 0 Å². The summed E-state index contributed by atoms with van der Waals surface area (Å²) >= 11 is 0. The quantitative estimate of drug-likeness (QED) is 0.591. The van der Waals surface area contributed by atoms with Crippen LogP contribution in [0.1, 0.15) is 22.7 Å². The Morgan fingerprint density at radius 2 is 1.58 bits per heavy atom. The lowest BCUT2D eigenvalue weighted by molar-refractivity contribution is 0.333. The Morgan fingerprint density at radius 3 is 2.36 bits per heavy atom. The molecule has 3 aromatic rings. The third-order valence-electron chi connectivity index (χ3n) is 6.75. The lowest BCUT2D eigenvalue weighted by Gasteiger charge is -2.29. The van der Waals surface area contributed by atoms with Gasteiger partial charge in [-0.3, -0.25) is 0 Å². The van der Waals surface area contributed by atoms with E-state index in [9.17, 15) is 0 Å². The number of benzene rings is 3. The highest BCUT2D eigenvalue weighted by Gasteiger charge is 2.25. The molecule has 0 saturated carbocycles. The van der Waals surface area contributed by atoms with Gasteiger partial charge < -0.3 is 19.7 Å². The Morgan fingerprint density at radius 1 is 0.758 bits per heavy atom. The zero-order valence-electron chi connectivity index (χ0n) is 19.1. The number of para-hydroxylation sites is 1. The van der Waals surface area contributed by atoms with Gasteiger partial charge in [0.1, 0.15) is 0 Å². The highest BCUT2D eigenvalue weighted by molar-refractivity contribution is 5.83. The molecule has 0 radical (unpaired) electrons. The summed E-state index contributed by atoms with van der Waals surface area (Å²) in [6, 6.07) is 24.9. The van der Waals surface area contributed by atoms with E-state index in [4.69, 9.17) is 0 Å². The Labute approximate surface area is 195 Å². The van der Waals surface area contributed by atoms with Crippen molar-refractivity contribution in [1.82, 2.24) is 15.3 Å². The maximum absolute atomic E-state index is 3.50. The van der Waals surface area contributed by atoms with Crippen LogP contribution in [-0.4, -0.2) is 30.7 Å². The zero-order valence-corrected chi connectivity index (χ0v) is 19.1. The van der Waals surface area contributed by atoms with Crippen molar-refractivity contribution in [3.63, 3.8) is 0 Å². The first-order valence-corrected chi connectivity index (χ1v) is 11.6. The maximum atomic E-state index is 3.50. The summed E-state index contributed by atoms with van der Waals surface area (Å²) in [5.41, 5.74) is 12.5. The zero-order chi connectivity index (χ0) is 22.4. The van der Waals surface area contributed by atoms with Gasteiger partial charge in [-0.05, 0) is 65.9 Å². The molecule has 1 atom stereocenters. The molecule has 5 nitrogen and oxygen atoms in total. The monoisotopic (exact) mass is 435 g/mol. The van der Waals surface area contributed by atoms with Crippen LogP contribution in [0, 0.1) is 0 Å². The number of hydrogen-bond acceptors (Lipinski definition) is 5. The van der Waals surface area contributed by atoms with Crippen LogP contribution >= 0.6 is 0 Å². The Hall–Kier alpha value is -3.70. The van der Waals surface area contributed by atoms with Gasteiger partial charge in [0.05, 0.1) is 12.7 Å². The van der Waals surface area contributed by atoms with Crippen LogP contribution in [0.5, 0.6) is 0 Å². The summed E-state index contributed by atoms with van der Waals surface area (Å²) in [7, 11) is 4.14. The molecule has 0 fully saturated rings. The maximum Gasteiger partial charge on any atom is 0.0938 e. The van der Waals surface area contributed by atoms with Crippen LogP contribution < -0.4 is 15.2 Å². The van der Waals surface area contributed by atoms with Gasteiger partial charge >= 0.3 is 0 Å². The number of fused-ring (bicyclic) bond motifs is 2. The Bertz CT molecular complexity index is 1250. The third kappa shape index (κ3) is 3.64. The molecule has 3 aliphatic heterocycles. The van der Waals surface area contributed by atoms with Gasteiger partial charge in [0.15, 0.2) is 0 Å². The first-order chi connectivity index (χ1) is 16.2. The summed E-state index contributed by atoms with van der Waals surface area (Å²) in [4.78, 5) is 6.93. The van der Waals surface area contributed by atoms with Crippen LogP contribution in [0.4, 0.5) is 22.7 Å². The van der Waals surface area contributed by atoms with E-state index in [1.807, 2.05) is 12.1 Å². The topological polar surface area (TPSA) is 25.0 Å². The average Bonchev–Trinajstić information content (AvgIpc) is 3.43. The molecule has 0 spiro atoms. The minimum Gasteiger partial charge on any atom is -0.361 e. The first-order valence-electron chi connectivity index (χ1n) is 11.6. The minimum absolute atomic E-state index is 0.192. The Kier molecular flexibility index (Phi) is 4.84. The molecule has 1 unspecified atom stereocenters. The predicted molar refractivity (Wildman–Crippen MR) is 136 cm³/mol. The van der Waals surface area contributed by atoms with Gasteiger partial charge in [0, 0.05) is 55.4 Å². The fraction of sp³-hybridized carbons (Fsp3) is 0.214. The highest BCUT2D eigenvalue weighted by atomic mass is 15.5. The van der Waals surface area contributed by atoms with Crippen molar-refractivity contribution in [3.8, 4) is 0 Å². The molecule has 3 heterocycles. The molecule has 166 valence electrons. The SMILES string of the molecule is CN1C=CN(c2cccc(N3c4ccccc4CCc4ccc(C5C=CN(C)N5)cc43)c2)C1. The second-order valence-corrected chi connectivity index (χ2v) is 9.10.